The fourth-order valence-electron chi connectivity index (χ4n) is 1.86. The van der Waals surface area contributed by atoms with Crippen LogP contribution in [0.4, 0.5) is 11.9 Å². The zero-order valence-electron chi connectivity index (χ0n) is 12.6. The van der Waals surface area contributed by atoms with Gasteiger partial charge in [0.2, 0.25) is 17.8 Å². The minimum Gasteiger partial charge on any atom is -0.352 e. The third kappa shape index (κ3) is 4.38. The van der Waals surface area contributed by atoms with E-state index in [2.05, 4.69) is 51.4 Å². The highest BCUT2D eigenvalue weighted by atomic mass is 15.4. The summed E-state index contributed by atoms with van der Waals surface area (Å²) in [7, 11) is 0. The van der Waals surface area contributed by atoms with Gasteiger partial charge in [-0.2, -0.15) is 15.0 Å². The lowest BCUT2D eigenvalue weighted by Crippen LogP contribution is -2.20. The van der Waals surface area contributed by atoms with Crippen molar-refractivity contribution in [3.8, 4) is 5.95 Å². The van der Waals surface area contributed by atoms with E-state index in [1.54, 1.807) is 23.3 Å². The molecule has 1 atom stereocenters. The second-order valence-corrected chi connectivity index (χ2v) is 5.41. The zero-order valence-corrected chi connectivity index (χ0v) is 12.6. The second kappa shape index (κ2) is 6.98. The molecule has 0 fully saturated rings. The van der Waals surface area contributed by atoms with E-state index in [0.29, 0.717) is 23.8 Å². The normalized spacial score (nSPS) is 12.4. The molecule has 21 heavy (non-hydrogen) atoms. The Morgan fingerprint density at radius 1 is 1.14 bits per heavy atom. The van der Waals surface area contributed by atoms with Gasteiger partial charge in [0.1, 0.15) is 6.33 Å². The number of nitrogen functional groups attached to an aromatic ring is 1. The average molecular weight is 290 g/mol. The highest BCUT2D eigenvalue weighted by molar-refractivity contribution is 5.37. The molecule has 114 valence electrons. The number of anilines is 2. The first-order valence-electron chi connectivity index (χ1n) is 7.06. The van der Waals surface area contributed by atoms with E-state index in [-0.39, 0.29) is 6.04 Å². The Kier molecular flexibility index (Phi) is 5.04. The van der Waals surface area contributed by atoms with Crippen LogP contribution in [-0.4, -0.2) is 30.5 Å². The molecule has 0 aliphatic rings. The van der Waals surface area contributed by atoms with Crippen LogP contribution in [0.15, 0.2) is 18.7 Å². The summed E-state index contributed by atoms with van der Waals surface area (Å²) in [5.74, 6) is 7.37. The lowest BCUT2D eigenvalue weighted by Gasteiger charge is -2.15. The van der Waals surface area contributed by atoms with Gasteiger partial charge in [0.25, 0.3) is 0 Å². The molecule has 2 rings (SSSR count). The lowest BCUT2D eigenvalue weighted by molar-refractivity contribution is 0.526. The van der Waals surface area contributed by atoms with Gasteiger partial charge in [-0.05, 0) is 25.7 Å². The summed E-state index contributed by atoms with van der Waals surface area (Å²) in [5, 5.41) is 3.28. The molecule has 0 bridgehead atoms. The van der Waals surface area contributed by atoms with Crippen molar-refractivity contribution in [1.82, 2.24) is 24.5 Å². The first-order chi connectivity index (χ1) is 10.1. The summed E-state index contributed by atoms with van der Waals surface area (Å²) in [5.41, 5.74) is 2.46. The molecular formula is C13H22N8. The first-order valence-corrected chi connectivity index (χ1v) is 7.06. The SMILES string of the molecule is CC(C)CCC(C)Nc1nc(NN)nc(-n2ccnc2)n1. The summed E-state index contributed by atoms with van der Waals surface area (Å²) >= 11 is 0. The zero-order chi connectivity index (χ0) is 15.2. The molecule has 0 radical (unpaired) electrons. The lowest BCUT2D eigenvalue weighted by atomic mass is 10.0. The number of nitrogens with one attached hydrogen (secondary N) is 2. The van der Waals surface area contributed by atoms with Gasteiger partial charge in [-0.25, -0.2) is 10.8 Å². The van der Waals surface area contributed by atoms with Crippen LogP contribution in [-0.2, 0) is 0 Å². The molecule has 0 aliphatic carbocycles. The molecule has 8 heteroatoms. The van der Waals surface area contributed by atoms with Crippen molar-refractivity contribution < 1.29 is 0 Å². The predicted octanol–water partition coefficient (Wildman–Crippen LogP) is 1.58. The first kappa shape index (κ1) is 15.2. The van der Waals surface area contributed by atoms with Crippen molar-refractivity contribution in [2.75, 3.05) is 10.7 Å². The Morgan fingerprint density at radius 2 is 1.90 bits per heavy atom. The maximum atomic E-state index is 5.41. The van der Waals surface area contributed by atoms with Crippen molar-refractivity contribution >= 4 is 11.9 Å². The average Bonchev–Trinajstić information content (AvgIpc) is 2.99. The monoisotopic (exact) mass is 290 g/mol. The molecule has 0 spiro atoms. The molecular weight excluding hydrogens is 268 g/mol. The van der Waals surface area contributed by atoms with Crippen molar-refractivity contribution in [2.24, 2.45) is 11.8 Å². The molecule has 0 saturated heterocycles. The van der Waals surface area contributed by atoms with E-state index in [1.165, 1.54) is 0 Å². The van der Waals surface area contributed by atoms with E-state index in [1.807, 2.05) is 0 Å². The van der Waals surface area contributed by atoms with Crippen LogP contribution in [0.5, 0.6) is 0 Å². The Bertz CT molecular complexity index is 551. The molecule has 2 aromatic rings. The second-order valence-electron chi connectivity index (χ2n) is 5.41. The van der Waals surface area contributed by atoms with Crippen LogP contribution in [0.3, 0.4) is 0 Å². The molecule has 0 saturated carbocycles. The topological polar surface area (TPSA) is 107 Å². The van der Waals surface area contributed by atoms with Crippen molar-refractivity contribution in [3.05, 3.63) is 18.7 Å². The molecule has 1 unspecified atom stereocenters. The summed E-state index contributed by atoms with van der Waals surface area (Å²) in [6, 6.07) is 0.274. The highest BCUT2D eigenvalue weighted by Crippen LogP contribution is 2.13. The number of hydrogen-bond donors (Lipinski definition) is 3. The molecule has 2 heterocycles. The van der Waals surface area contributed by atoms with Crippen LogP contribution in [0.2, 0.25) is 0 Å². The Morgan fingerprint density at radius 3 is 2.52 bits per heavy atom. The number of hydrazine groups is 1. The van der Waals surface area contributed by atoms with Crippen LogP contribution >= 0.6 is 0 Å². The van der Waals surface area contributed by atoms with Crippen LogP contribution in [0, 0.1) is 5.92 Å². The van der Waals surface area contributed by atoms with E-state index in [4.69, 9.17) is 5.84 Å². The predicted molar refractivity (Wildman–Crippen MR) is 81.9 cm³/mol. The summed E-state index contributed by atoms with van der Waals surface area (Å²) < 4.78 is 1.70. The van der Waals surface area contributed by atoms with Gasteiger partial charge in [-0.1, -0.05) is 13.8 Å². The van der Waals surface area contributed by atoms with E-state index in [0.717, 1.165) is 12.8 Å². The number of nitrogens with zero attached hydrogens (tertiary/aromatic N) is 5. The van der Waals surface area contributed by atoms with E-state index < -0.39 is 0 Å². The van der Waals surface area contributed by atoms with Crippen LogP contribution in [0.25, 0.3) is 5.95 Å². The molecule has 0 amide bonds. The van der Waals surface area contributed by atoms with Gasteiger partial charge in [-0.15, -0.1) is 0 Å². The van der Waals surface area contributed by atoms with Crippen LogP contribution in [0.1, 0.15) is 33.6 Å². The Labute approximate surface area is 124 Å². The van der Waals surface area contributed by atoms with Crippen molar-refractivity contribution in [1.29, 1.82) is 0 Å². The van der Waals surface area contributed by atoms with Gasteiger partial charge in [-0.3, -0.25) is 9.99 Å². The van der Waals surface area contributed by atoms with Gasteiger partial charge in [0.05, 0.1) is 0 Å². The smallest absolute Gasteiger partial charge is 0.243 e. The van der Waals surface area contributed by atoms with Gasteiger partial charge >= 0.3 is 0 Å². The van der Waals surface area contributed by atoms with E-state index in [9.17, 15) is 0 Å². The number of nitrogens with two attached hydrogens (primary N) is 1. The molecule has 2 aromatic heterocycles. The molecule has 0 aromatic carbocycles. The quantitative estimate of drug-likeness (QED) is 0.525. The molecule has 0 aliphatic heterocycles. The van der Waals surface area contributed by atoms with Crippen molar-refractivity contribution in [3.63, 3.8) is 0 Å². The highest BCUT2D eigenvalue weighted by Gasteiger charge is 2.10. The van der Waals surface area contributed by atoms with Crippen molar-refractivity contribution in [2.45, 2.75) is 39.7 Å². The minimum atomic E-state index is 0.274. The molecule has 8 nitrogen and oxygen atoms in total. The Hall–Kier alpha value is -2.22. The standard InChI is InChI=1S/C13H22N8/c1-9(2)4-5-10(3)16-11-17-12(20-14)19-13(18-11)21-7-6-15-8-21/h6-10H,4-5,14H2,1-3H3,(H2,16,17,18,19,20). The number of rotatable bonds is 7. The fourth-order valence-corrected chi connectivity index (χ4v) is 1.86. The van der Waals surface area contributed by atoms with Gasteiger partial charge in [0.15, 0.2) is 0 Å². The number of imidazole rings is 1. The number of aromatic nitrogens is 5. The minimum absolute atomic E-state index is 0.274. The third-order valence-corrected chi connectivity index (χ3v) is 3.04. The maximum absolute atomic E-state index is 5.41. The van der Waals surface area contributed by atoms with Gasteiger partial charge in [0, 0.05) is 18.4 Å². The summed E-state index contributed by atoms with van der Waals surface area (Å²) in [6.45, 7) is 6.53. The third-order valence-electron chi connectivity index (χ3n) is 3.04. The Balaban J connectivity index is 2.13. The summed E-state index contributed by atoms with van der Waals surface area (Å²) in [6.07, 6.45) is 7.26. The van der Waals surface area contributed by atoms with Gasteiger partial charge < -0.3 is 5.32 Å². The molecule has 4 N–H and O–H groups in total. The summed E-state index contributed by atoms with van der Waals surface area (Å²) in [4.78, 5) is 16.8. The van der Waals surface area contributed by atoms with Crippen LogP contribution < -0.4 is 16.6 Å². The fraction of sp³-hybridized carbons (Fsp3) is 0.538. The largest absolute Gasteiger partial charge is 0.352 e. The number of hydrogen-bond acceptors (Lipinski definition) is 7. The van der Waals surface area contributed by atoms with E-state index >= 15 is 0 Å². The maximum Gasteiger partial charge on any atom is 0.243 e.